The number of hydrogen-bond donors (Lipinski definition) is 1. The fourth-order valence-corrected chi connectivity index (χ4v) is 5.50. The molecule has 0 spiro atoms. The molecule has 1 aromatic carbocycles. The number of carbonyl (C=O) groups is 1. The first-order valence-corrected chi connectivity index (χ1v) is 10.7. The first kappa shape index (κ1) is 20.4. The molecule has 1 amide bonds. The van der Waals surface area contributed by atoms with E-state index < -0.39 is 10.0 Å². The molecule has 1 N–H and O–H groups in total. The molecule has 1 aliphatic rings. The molecule has 1 aliphatic heterocycles. The monoisotopic (exact) mass is 406 g/mol. The van der Waals surface area contributed by atoms with Crippen LogP contribution in [0, 0.1) is 11.8 Å². The number of nitrogens with zero attached hydrogens (tertiary/aromatic N) is 1. The number of ether oxygens (including phenoxy) is 1. The number of nitrogens with one attached hydrogen (secondary N) is 1. The summed E-state index contributed by atoms with van der Waals surface area (Å²) in [6.07, 6.45) is 2.53. The van der Waals surface area contributed by atoms with Gasteiger partial charge in [-0.05, 0) is 48.6 Å². The summed E-state index contributed by atoms with van der Waals surface area (Å²) in [5.74, 6) is 1.03. The van der Waals surface area contributed by atoms with E-state index in [1.54, 1.807) is 18.2 Å². The minimum absolute atomic E-state index is 0.0157. The highest BCUT2D eigenvalue weighted by Gasteiger charge is 2.34. The molecular formula is C20H26N2O5S. The van der Waals surface area contributed by atoms with Crippen molar-refractivity contribution in [2.24, 2.45) is 11.8 Å². The van der Waals surface area contributed by atoms with Crippen molar-refractivity contribution in [1.29, 1.82) is 0 Å². The van der Waals surface area contributed by atoms with Crippen molar-refractivity contribution in [1.82, 2.24) is 9.62 Å². The van der Waals surface area contributed by atoms with Gasteiger partial charge < -0.3 is 14.5 Å². The lowest BCUT2D eigenvalue weighted by Crippen LogP contribution is -2.42. The van der Waals surface area contributed by atoms with Gasteiger partial charge in [-0.25, -0.2) is 8.42 Å². The predicted molar refractivity (Wildman–Crippen MR) is 105 cm³/mol. The molecule has 28 heavy (non-hydrogen) atoms. The largest absolute Gasteiger partial charge is 0.495 e. The van der Waals surface area contributed by atoms with Crippen LogP contribution in [0.3, 0.4) is 0 Å². The minimum Gasteiger partial charge on any atom is -0.495 e. The van der Waals surface area contributed by atoms with Gasteiger partial charge >= 0.3 is 0 Å². The number of methoxy groups -OCH3 is 1. The number of hydrogen-bond acceptors (Lipinski definition) is 5. The van der Waals surface area contributed by atoms with Gasteiger partial charge in [0.05, 0.1) is 19.9 Å². The van der Waals surface area contributed by atoms with Crippen LogP contribution in [0.5, 0.6) is 5.75 Å². The van der Waals surface area contributed by atoms with Crippen molar-refractivity contribution in [2.75, 3.05) is 20.2 Å². The second kappa shape index (κ2) is 8.36. The average Bonchev–Trinajstić information content (AvgIpc) is 3.18. The SMILES string of the molecule is COc1ccc(C(=O)NCc2ccco2)cc1S(=O)(=O)N1CC(C)CC(C)C1. The van der Waals surface area contributed by atoms with Crippen LogP contribution in [0.25, 0.3) is 0 Å². The van der Waals surface area contributed by atoms with E-state index in [1.165, 1.54) is 29.8 Å². The van der Waals surface area contributed by atoms with Crippen LogP contribution in [-0.2, 0) is 16.6 Å². The lowest BCUT2D eigenvalue weighted by Gasteiger charge is -2.34. The molecule has 2 aromatic rings. The maximum atomic E-state index is 13.3. The van der Waals surface area contributed by atoms with Crippen molar-refractivity contribution in [3.63, 3.8) is 0 Å². The summed E-state index contributed by atoms with van der Waals surface area (Å²) < 4.78 is 38.5. The molecule has 152 valence electrons. The zero-order chi connectivity index (χ0) is 20.3. The molecule has 7 nitrogen and oxygen atoms in total. The lowest BCUT2D eigenvalue weighted by molar-refractivity contribution is 0.0947. The maximum absolute atomic E-state index is 13.3. The van der Waals surface area contributed by atoms with Gasteiger partial charge in [-0.3, -0.25) is 4.79 Å². The van der Waals surface area contributed by atoms with Gasteiger partial charge in [0, 0.05) is 18.7 Å². The van der Waals surface area contributed by atoms with Gasteiger partial charge in [0.2, 0.25) is 10.0 Å². The Labute approximate surface area is 165 Å². The van der Waals surface area contributed by atoms with Crippen LogP contribution in [-0.4, -0.2) is 38.8 Å². The summed E-state index contributed by atoms with van der Waals surface area (Å²) >= 11 is 0. The molecule has 0 aliphatic carbocycles. The molecule has 0 radical (unpaired) electrons. The van der Waals surface area contributed by atoms with E-state index in [4.69, 9.17) is 9.15 Å². The van der Waals surface area contributed by atoms with E-state index in [-0.39, 0.29) is 40.5 Å². The van der Waals surface area contributed by atoms with E-state index >= 15 is 0 Å². The van der Waals surface area contributed by atoms with Crippen molar-refractivity contribution >= 4 is 15.9 Å². The first-order valence-electron chi connectivity index (χ1n) is 9.30. The van der Waals surface area contributed by atoms with Gasteiger partial charge in [-0.2, -0.15) is 4.31 Å². The molecular weight excluding hydrogens is 380 g/mol. The summed E-state index contributed by atoms with van der Waals surface area (Å²) in [6.45, 7) is 5.25. The Morgan fingerprint density at radius 1 is 1.25 bits per heavy atom. The Bertz CT molecular complexity index is 914. The number of furan rings is 1. The Balaban J connectivity index is 1.87. The van der Waals surface area contributed by atoms with Crippen LogP contribution in [0.1, 0.15) is 36.4 Å². The molecule has 0 saturated carbocycles. The Kier molecular flexibility index (Phi) is 6.10. The van der Waals surface area contributed by atoms with Crippen molar-refractivity contribution in [3.8, 4) is 5.75 Å². The van der Waals surface area contributed by atoms with Crippen molar-refractivity contribution in [2.45, 2.75) is 31.7 Å². The number of benzene rings is 1. The van der Waals surface area contributed by atoms with Crippen molar-refractivity contribution in [3.05, 3.63) is 47.9 Å². The maximum Gasteiger partial charge on any atom is 0.251 e. The summed E-state index contributed by atoms with van der Waals surface area (Å²) in [4.78, 5) is 12.5. The molecule has 2 heterocycles. The van der Waals surface area contributed by atoms with Gasteiger partial charge in [0.25, 0.3) is 5.91 Å². The van der Waals surface area contributed by atoms with E-state index in [0.29, 0.717) is 18.8 Å². The number of piperidine rings is 1. The van der Waals surface area contributed by atoms with Gasteiger partial charge in [0.1, 0.15) is 16.4 Å². The number of carbonyl (C=O) groups excluding carboxylic acids is 1. The quantitative estimate of drug-likeness (QED) is 0.797. The number of rotatable bonds is 6. The summed E-state index contributed by atoms with van der Waals surface area (Å²) in [5, 5.41) is 2.73. The lowest BCUT2D eigenvalue weighted by atomic mass is 9.94. The molecule has 0 bridgehead atoms. The third-order valence-corrected chi connectivity index (χ3v) is 6.74. The Morgan fingerprint density at radius 3 is 2.57 bits per heavy atom. The third-order valence-electron chi connectivity index (χ3n) is 4.88. The zero-order valence-electron chi connectivity index (χ0n) is 16.3. The van der Waals surface area contributed by atoms with Crippen LogP contribution < -0.4 is 10.1 Å². The zero-order valence-corrected chi connectivity index (χ0v) is 17.2. The van der Waals surface area contributed by atoms with E-state index in [0.717, 1.165) is 6.42 Å². The highest BCUT2D eigenvalue weighted by atomic mass is 32.2. The van der Waals surface area contributed by atoms with Crippen LogP contribution in [0.4, 0.5) is 0 Å². The standard InChI is InChI=1S/C20H26N2O5S/c1-14-9-15(2)13-22(12-14)28(24,25)19-10-16(6-7-18(19)26-3)20(23)21-11-17-5-4-8-27-17/h4-8,10,14-15H,9,11-13H2,1-3H3,(H,21,23). The van der Waals surface area contributed by atoms with Crippen LogP contribution in [0.2, 0.25) is 0 Å². The van der Waals surface area contributed by atoms with E-state index in [1.807, 2.05) is 13.8 Å². The van der Waals surface area contributed by atoms with E-state index in [9.17, 15) is 13.2 Å². The fourth-order valence-electron chi connectivity index (χ4n) is 3.64. The molecule has 2 unspecified atom stereocenters. The third kappa shape index (κ3) is 4.39. The number of amides is 1. The minimum atomic E-state index is -3.77. The highest BCUT2D eigenvalue weighted by molar-refractivity contribution is 7.89. The molecule has 2 atom stereocenters. The Hall–Kier alpha value is -2.32. The fraction of sp³-hybridized carbons (Fsp3) is 0.450. The first-order chi connectivity index (χ1) is 13.3. The summed E-state index contributed by atoms with van der Waals surface area (Å²) in [6, 6.07) is 7.95. The average molecular weight is 407 g/mol. The van der Waals surface area contributed by atoms with Crippen LogP contribution >= 0.6 is 0 Å². The second-order valence-electron chi connectivity index (χ2n) is 7.40. The van der Waals surface area contributed by atoms with Crippen LogP contribution in [0.15, 0.2) is 45.9 Å². The number of sulfonamides is 1. The summed E-state index contributed by atoms with van der Waals surface area (Å²) in [5.41, 5.74) is 0.254. The van der Waals surface area contributed by atoms with Gasteiger partial charge in [0.15, 0.2) is 0 Å². The van der Waals surface area contributed by atoms with Crippen molar-refractivity contribution < 1.29 is 22.4 Å². The molecule has 1 aromatic heterocycles. The predicted octanol–water partition coefficient (Wildman–Crippen LogP) is 2.88. The molecule has 8 heteroatoms. The Morgan fingerprint density at radius 2 is 1.96 bits per heavy atom. The van der Waals surface area contributed by atoms with E-state index in [2.05, 4.69) is 5.32 Å². The topological polar surface area (TPSA) is 88.8 Å². The van der Waals surface area contributed by atoms with Gasteiger partial charge in [-0.1, -0.05) is 13.8 Å². The molecule has 1 saturated heterocycles. The highest BCUT2D eigenvalue weighted by Crippen LogP contribution is 2.32. The normalized spacial score (nSPS) is 20.7. The molecule has 3 rings (SSSR count). The smallest absolute Gasteiger partial charge is 0.251 e. The van der Waals surface area contributed by atoms with Gasteiger partial charge in [-0.15, -0.1) is 0 Å². The molecule has 1 fully saturated rings. The second-order valence-corrected chi connectivity index (χ2v) is 9.30. The summed E-state index contributed by atoms with van der Waals surface area (Å²) in [7, 11) is -2.35.